The van der Waals surface area contributed by atoms with Gasteiger partial charge in [0.25, 0.3) is 5.91 Å². The Balaban J connectivity index is 0.000000606. The molecule has 0 bridgehead atoms. The van der Waals surface area contributed by atoms with Gasteiger partial charge in [-0.3, -0.25) is 14.8 Å². The van der Waals surface area contributed by atoms with E-state index >= 15 is 0 Å². The van der Waals surface area contributed by atoms with E-state index in [1.54, 1.807) is 18.5 Å². The number of hydrogen-bond acceptors (Lipinski definition) is 3. The van der Waals surface area contributed by atoms with Gasteiger partial charge in [0.15, 0.2) is 0 Å². The van der Waals surface area contributed by atoms with Crippen molar-refractivity contribution in [3.05, 3.63) is 35.7 Å². The number of aromatic nitrogens is 2. The van der Waals surface area contributed by atoms with Crippen LogP contribution in [-0.2, 0) is 0 Å². The van der Waals surface area contributed by atoms with E-state index in [1.165, 1.54) is 0 Å². The normalized spacial score (nSPS) is 9.44. The molecule has 0 aliphatic heterocycles. The molecule has 0 saturated carbocycles. The molecule has 2 N–H and O–H groups in total. The minimum absolute atomic E-state index is 0.415. The molecule has 2 rings (SSSR count). The second kappa shape index (κ2) is 5.21. The van der Waals surface area contributed by atoms with Gasteiger partial charge in [-0.2, -0.15) is 0 Å². The summed E-state index contributed by atoms with van der Waals surface area (Å²) in [6, 6.07) is 3.49. The van der Waals surface area contributed by atoms with E-state index in [4.69, 9.17) is 5.73 Å². The largest absolute Gasteiger partial charge is 0.366 e. The molecule has 0 atom stereocenters. The van der Waals surface area contributed by atoms with Crippen LogP contribution in [-0.4, -0.2) is 15.9 Å². The molecule has 4 heteroatoms. The molecule has 0 radical (unpaired) electrons. The molecule has 16 heavy (non-hydrogen) atoms. The number of benzene rings is 1. The third-order valence-corrected chi connectivity index (χ3v) is 2.09. The topological polar surface area (TPSA) is 68.9 Å². The first-order valence-electron chi connectivity index (χ1n) is 5.20. The molecule has 84 valence electrons. The predicted molar refractivity (Wildman–Crippen MR) is 64.1 cm³/mol. The fourth-order valence-corrected chi connectivity index (χ4v) is 1.39. The molecule has 0 saturated heterocycles. The van der Waals surface area contributed by atoms with Crippen LogP contribution in [0.3, 0.4) is 0 Å². The number of nitrogens with zero attached hydrogens (tertiary/aromatic N) is 2. The Morgan fingerprint density at radius 3 is 2.25 bits per heavy atom. The highest BCUT2D eigenvalue weighted by atomic mass is 16.1. The lowest BCUT2D eigenvalue weighted by Gasteiger charge is -2.03. The van der Waals surface area contributed by atoms with Crippen LogP contribution in [0.4, 0.5) is 0 Å². The van der Waals surface area contributed by atoms with Gasteiger partial charge in [0.2, 0.25) is 0 Å². The smallest absolute Gasteiger partial charge is 0.250 e. The second-order valence-corrected chi connectivity index (χ2v) is 3.05. The minimum Gasteiger partial charge on any atom is -0.366 e. The molecular weight excluding hydrogens is 202 g/mol. The summed E-state index contributed by atoms with van der Waals surface area (Å²) in [6.45, 7) is 5.92. The van der Waals surface area contributed by atoms with Crippen LogP contribution in [0.15, 0.2) is 24.5 Å². The molecule has 0 unspecified atom stereocenters. The third-order valence-electron chi connectivity index (χ3n) is 2.09. The van der Waals surface area contributed by atoms with Crippen molar-refractivity contribution < 1.29 is 4.79 Å². The predicted octanol–water partition coefficient (Wildman–Crippen LogP) is 2.06. The van der Waals surface area contributed by atoms with Crippen molar-refractivity contribution in [2.45, 2.75) is 20.8 Å². The van der Waals surface area contributed by atoms with Crippen LogP contribution in [0.5, 0.6) is 0 Å². The summed E-state index contributed by atoms with van der Waals surface area (Å²) in [4.78, 5) is 19.3. The maximum Gasteiger partial charge on any atom is 0.250 e. The van der Waals surface area contributed by atoms with Gasteiger partial charge >= 0.3 is 0 Å². The van der Waals surface area contributed by atoms with E-state index in [0.717, 1.165) is 11.1 Å². The van der Waals surface area contributed by atoms with E-state index in [0.29, 0.717) is 11.1 Å². The molecule has 0 spiro atoms. The summed E-state index contributed by atoms with van der Waals surface area (Å²) < 4.78 is 0. The Kier molecular flexibility index (Phi) is 3.94. The zero-order valence-electron chi connectivity index (χ0n) is 9.69. The minimum atomic E-state index is -0.476. The third kappa shape index (κ3) is 2.16. The Morgan fingerprint density at radius 2 is 1.69 bits per heavy atom. The molecule has 4 nitrogen and oxygen atoms in total. The van der Waals surface area contributed by atoms with Crippen molar-refractivity contribution >= 4 is 16.9 Å². The molecular formula is C12H15N3O. The summed E-state index contributed by atoms with van der Waals surface area (Å²) in [7, 11) is 0. The van der Waals surface area contributed by atoms with Crippen LogP contribution < -0.4 is 5.73 Å². The number of rotatable bonds is 1. The molecule has 1 amide bonds. The lowest BCUT2D eigenvalue weighted by molar-refractivity contribution is 0.100. The monoisotopic (exact) mass is 217 g/mol. The Labute approximate surface area is 94.5 Å². The summed E-state index contributed by atoms with van der Waals surface area (Å²) in [5, 5.41) is 0. The molecule has 2 aromatic rings. The number of amides is 1. The first-order chi connectivity index (χ1) is 7.70. The molecule has 1 aromatic heterocycles. The lowest BCUT2D eigenvalue weighted by Crippen LogP contribution is -2.12. The van der Waals surface area contributed by atoms with E-state index < -0.39 is 5.91 Å². The number of carbonyl (C=O) groups is 1. The summed E-state index contributed by atoms with van der Waals surface area (Å²) in [6.07, 6.45) is 3.15. The van der Waals surface area contributed by atoms with E-state index in [-0.39, 0.29) is 0 Å². The fourth-order valence-electron chi connectivity index (χ4n) is 1.39. The van der Waals surface area contributed by atoms with Crippen molar-refractivity contribution in [3.63, 3.8) is 0 Å². The van der Waals surface area contributed by atoms with E-state index in [1.807, 2.05) is 26.8 Å². The number of carbonyl (C=O) groups excluding carboxylic acids is 1. The van der Waals surface area contributed by atoms with Crippen molar-refractivity contribution in [2.24, 2.45) is 5.73 Å². The molecule has 1 aromatic carbocycles. The van der Waals surface area contributed by atoms with Gasteiger partial charge in [-0.25, -0.2) is 0 Å². The van der Waals surface area contributed by atoms with E-state index in [9.17, 15) is 4.79 Å². The Morgan fingerprint density at radius 1 is 1.12 bits per heavy atom. The van der Waals surface area contributed by atoms with Gasteiger partial charge < -0.3 is 5.73 Å². The SMILES string of the molecule is CC.Cc1ccc(C(N)=O)c2nccnc12. The molecule has 0 aliphatic rings. The zero-order valence-corrected chi connectivity index (χ0v) is 9.69. The zero-order chi connectivity index (χ0) is 12.1. The van der Waals surface area contributed by atoms with Crippen LogP contribution in [0.25, 0.3) is 11.0 Å². The average Bonchev–Trinajstić information content (AvgIpc) is 2.32. The summed E-state index contributed by atoms with van der Waals surface area (Å²) in [5.74, 6) is -0.476. The van der Waals surface area contributed by atoms with Crippen molar-refractivity contribution in [3.8, 4) is 0 Å². The lowest BCUT2D eigenvalue weighted by atomic mass is 10.1. The van der Waals surface area contributed by atoms with Gasteiger partial charge in [-0.05, 0) is 18.6 Å². The molecule has 0 aliphatic carbocycles. The van der Waals surface area contributed by atoms with Crippen LogP contribution in [0, 0.1) is 6.92 Å². The van der Waals surface area contributed by atoms with Crippen molar-refractivity contribution in [2.75, 3.05) is 0 Å². The van der Waals surface area contributed by atoms with Gasteiger partial charge in [-0.15, -0.1) is 0 Å². The standard InChI is InChI=1S/C10H9N3O.C2H6/c1-6-2-3-7(10(11)14)9-8(6)12-4-5-13-9;1-2/h2-5H,1H3,(H2,11,14);1-2H3. The van der Waals surface area contributed by atoms with Crippen molar-refractivity contribution in [1.82, 2.24) is 9.97 Å². The highest BCUT2D eigenvalue weighted by Crippen LogP contribution is 2.17. The van der Waals surface area contributed by atoms with Crippen LogP contribution >= 0.6 is 0 Å². The molecule has 1 heterocycles. The summed E-state index contributed by atoms with van der Waals surface area (Å²) >= 11 is 0. The molecule has 0 fully saturated rings. The van der Waals surface area contributed by atoms with Crippen molar-refractivity contribution in [1.29, 1.82) is 0 Å². The van der Waals surface area contributed by atoms with Gasteiger partial charge in [0, 0.05) is 12.4 Å². The Hall–Kier alpha value is -1.97. The Bertz CT molecular complexity index is 509. The van der Waals surface area contributed by atoms with E-state index in [2.05, 4.69) is 9.97 Å². The first-order valence-corrected chi connectivity index (χ1v) is 5.20. The summed E-state index contributed by atoms with van der Waals surface area (Å²) in [5.41, 5.74) is 7.92. The van der Waals surface area contributed by atoms with Crippen LogP contribution in [0.1, 0.15) is 29.8 Å². The first kappa shape index (κ1) is 12.1. The number of aryl methyl sites for hydroxylation is 1. The number of nitrogens with two attached hydrogens (primary N) is 1. The average molecular weight is 217 g/mol. The highest BCUT2D eigenvalue weighted by Gasteiger charge is 2.09. The highest BCUT2D eigenvalue weighted by molar-refractivity contribution is 6.04. The van der Waals surface area contributed by atoms with Crippen LogP contribution in [0.2, 0.25) is 0 Å². The maximum absolute atomic E-state index is 11.1. The van der Waals surface area contributed by atoms with Gasteiger partial charge in [-0.1, -0.05) is 19.9 Å². The number of fused-ring (bicyclic) bond motifs is 1. The quantitative estimate of drug-likeness (QED) is 0.794. The van der Waals surface area contributed by atoms with Gasteiger partial charge in [0.1, 0.15) is 5.52 Å². The van der Waals surface area contributed by atoms with Gasteiger partial charge in [0.05, 0.1) is 11.1 Å². The second-order valence-electron chi connectivity index (χ2n) is 3.05. The fraction of sp³-hybridized carbons (Fsp3) is 0.250. The maximum atomic E-state index is 11.1. The number of hydrogen-bond donors (Lipinski definition) is 1. The number of primary amides is 1.